The highest BCUT2D eigenvalue weighted by Crippen LogP contribution is 2.25. The van der Waals surface area contributed by atoms with Gasteiger partial charge in [0, 0.05) is 14.1 Å². The normalized spacial score (nSPS) is 11.6. The maximum Gasteiger partial charge on any atom is 0.284 e. The van der Waals surface area contributed by atoms with Crippen LogP contribution in [0.4, 0.5) is 10.1 Å². The van der Waals surface area contributed by atoms with Gasteiger partial charge in [0.25, 0.3) is 10.0 Å². The number of hydrogen-bond acceptors (Lipinski definition) is 3. The molecule has 0 aliphatic rings. The molecule has 0 unspecified atom stereocenters. The molecule has 8 heteroatoms. The van der Waals surface area contributed by atoms with Gasteiger partial charge in [-0.25, -0.2) is 9.37 Å². The summed E-state index contributed by atoms with van der Waals surface area (Å²) in [6, 6.07) is 5.09. The van der Waals surface area contributed by atoms with Gasteiger partial charge in [-0.2, -0.15) is 8.42 Å². The van der Waals surface area contributed by atoms with Crippen molar-refractivity contribution in [2.24, 2.45) is 7.05 Å². The second kappa shape index (κ2) is 4.82. The Morgan fingerprint density at radius 1 is 1.32 bits per heavy atom. The fourth-order valence-corrected chi connectivity index (χ4v) is 3.07. The van der Waals surface area contributed by atoms with Crippen LogP contribution in [0, 0.1) is 5.82 Å². The molecule has 2 aromatic rings. The van der Waals surface area contributed by atoms with E-state index in [1.54, 1.807) is 7.05 Å². The van der Waals surface area contributed by atoms with Crippen LogP contribution in [-0.4, -0.2) is 25.0 Å². The third-order valence-corrected chi connectivity index (χ3v) is 4.91. The Labute approximate surface area is 115 Å². The van der Waals surface area contributed by atoms with E-state index in [1.807, 2.05) is 0 Å². The third kappa shape index (κ3) is 2.43. The van der Waals surface area contributed by atoms with Gasteiger partial charge in [-0.15, -0.1) is 0 Å². The van der Waals surface area contributed by atoms with Crippen LogP contribution in [0.15, 0.2) is 35.6 Å². The molecule has 0 bridgehead atoms. The van der Waals surface area contributed by atoms with Gasteiger partial charge in [0.2, 0.25) is 5.03 Å². The molecule has 0 saturated heterocycles. The Hall–Kier alpha value is -1.60. The molecule has 0 radical (unpaired) electrons. The summed E-state index contributed by atoms with van der Waals surface area (Å²) in [5.74, 6) is -0.439. The topological polar surface area (TPSA) is 55.2 Å². The van der Waals surface area contributed by atoms with Crippen LogP contribution in [0.3, 0.4) is 0 Å². The Bertz CT molecular complexity index is 697. The van der Waals surface area contributed by atoms with E-state index in [-0.39, 0.29) is 10.2 Å². The highest BCUT2D eigenvalue weighted by Gasteiger charge is 2.27. The van der Waals surface area contributed by atoms with Crippen molar-refractivity contribution in [1.29, 1.82) is 0 Å². The quantitative estimate of drug-likeness (QED) is 0.872. The zero-order valence-electron chi connectivity index (χ0n) is 10.2. The summed E-state index contributed by atoms with van der Waals surface area (Å²) in [5, 5.41) is -0.211. The molecular weight excluding hydrogens is 293 g/mol. The van der Waals surface area contributed by atoms with Crippen molar-refractivity contribution in [2.75, 3.05) is 11.4 Å². The Morgan fingerprint density at radius 3 is 2.37 bits per heavy atom. The van der Waals surface area contributed by atoms with E-state index in [1.165, 1.54) is 42.2 Å². The standard InChI is InChI=1S/C11H11ClFN3O2S/c1-15-7-14-11(10(15)12)19(17,18)16(2)9-5-3-8(13)4-6-9/h3-7H,1-2H3. The van der Waals surface area contributed by atoms with Crippen LogP contribution in [0.2, 0.25) is 5.15 Å². The van der Waals surface area contributed by atoms with E-state index < -0.39 is 15.8 Å². The number of imidazole rings is 1. The molecule has 102 valence electrons. The minimum Gasteiger partial charge on any atom is -0.324 e. The molecule has 1 heterocycles. The molecule has 0 aliphatic carbocycles. The van der Waals surface area contributed by atoms with Crippen LogP contribution in [0.25, 0.3) is 0 Å². The number of halogens is 2. The van der Waals surface area contributed by atoms with Gasteiger partial charge in [0.15, 0.2) is 0 Å². The van der Waals surface area contributed by atoms with Crippen LogP contribution >= 0.6 is 11.6 Å². The van der Waals surface area contributed by atoms with E-state index in [4.69, 9.17) is 11.6 Å². The zero-order chi connectivity index (χ0) is 14.2. The number of nitrogens with zero attached hydrogens (tertiary/aromatic N) is 3. The van der Waals surface area contributed by atoms with Crippen molar-refractivity contribution in [3.05, 3.63) is 41.6 Å². The third-order valence-electron chi connectivity index (χ3n) is 2.63. The summed E-state index contributed by atoms with van der Waals surface area (Å²) in [7, 11) is -0.923. The Balaban J connectivity index is 2.45. The van der Waals surface area contributed by atoms with Crippen molar-refractivity contribution in [2.45, 2.75) is 5.03 Å². The number of sulfonamides is 1. The number of rotatable bonds is 3. The zero-order valence-corrected chi connectivity index (χ0v) is 11.8. The van der Waals surface area contributed by atoms with Crippen molar-refractivity contribution in [3.63, 3.8) is 0 Å². The van der Waals surface area contributed by atoms with E-state index in [2.05, 4.69) is 4.98 Å². The average Bonchev–Trinajstić information content (AvgIpc) is 2.70. The van der Waals surface area contributed by atoms with Crippen LogP contribution in [0.5, 0.6) is 0 Å². The predicted molar refractivity (Wildman–Crippen MR) is 70.2 cm³/mol. The van der Waals surface area contributed by atoms with E-state index in [0.717, 1.165) is 4.31 Å². The molecule has 1 aromatic carbocycles. The molecule has 0 amide bonds. The van der Waals surface area contributed by atoms with Crippen molar-refractivity contribution < 1.29 is 12.8 Å². The first kappa shape index (κ1) is 13.8. The van der Waals surface area contributed by atoms with Crippen molar-refractivity contribution in [1.82, 2.24) is 9.55 Å². The second-order valence-corrected chi connectivity index (χ2v) is 6.14. The SMILES string of the molecule is CN(c1ccc(F)cc1)S(=O)(=O)c1ncn(C)c1Cl. The summed E-state index contributed by atoms with van der Waals surface area (Å²) in [6.45, 7) is 0. The van der Waals surface area contributed by atoms with Crippen LogP contribution < -0.4 is 4.31 Å². The number of aromatic nitrogens is 2. The van der Waals surface area contributed by atoms with Gasteiger partial charge in [0.1, 0.15) is 11.0 Å². The lowest BCUT2D eigenvalue weighted by Crippen LogP contribution is -2.27. The molecule has 1 aromatic heterocycles. The van der Waals surface area contributed by atoms with E-state index in [0.29, 0.717) is 5.69 Å². The molecule has 2 rings (SSSR count). The van der Waals surface area contributed by atoms with Crippen LogP contribution in [-0.2, 0) is 17.1 Å². The summed E-state index contributed by atoms with van der Waals surface area (Å²) >= 11 is 5.88. The number of hydrogen-bond donors (Lipinski definition) is 0. The van der Waals surface area contributed by atoms with Gasteiger partial charge < -0.3 is 4.57 Å². The first-order valence-electron chi connectivity index (χ1n) is 5.25. The first-order valence-corrected chi connectivity index (χ1v) is 7.07. The lowest BCUT2D eigenvalue weighted by atomic mass is 10.3. The molecule has 0 atom stereocenters. The fourth-order valence-electron chi connectivity index (χ4n) is 1.49. The molecular formula is C11H11ClFN3O2S. The van der Waals surface area contributed by atoms with Gasteiger partial charge in [-0.05, 0) is 24.3 Å². The predicted octanol–water partition coefficient (Wildman–Crippen LogP) is 2.04. The number of anilines is 1. The van der Waals surface area contributed by atoms with Gasteiger partial charge in [-0.3, -0.25) is 4.31 Å². The highest BCUT2D eigenvalue weighted by atomic mass is 35.5. The number of aryl methyl sites for hydroxylation is 1. The van der Waals surface area contributed by atoms with Gasteiger partial charge in [0.05, 0.1) is 12.0 Å². The van der Waals surface area contributed by atoms with Gasteiger partial charge >= 0.3 is 0 Å². The largest absolute Gasteiger partial charge is 0.324 e. The lowest BCUT2D eigenvalue weighted by molar-refractivity contribution is 0.591. The summed E-state index contributed by atoms with van der Waals surface area (Å²) < 4.78 is 39.9. The Morgan fingerprint density at radius 2 is 1.89 bits per heavy atom. The molecule has 0 spiro atoms. The molecule has 0 fully saturated rings. The average molecular weight is 304 g/mol. The molecule has 19 heavy (non-hydrogen) atoms. The number of benzene rings is 1. The lowest BCUT2D eigenvalue weighted by Gasteiger charge is -2.18. The van der Waals surface area contributed by atoms with Crippen LogP contribution in [0.1, 0.15) is 0 Å². The monoisotopic (exact) mass is 303 g/mol. The highest BCUT2D eigenvalue weighted by molar-refractivity contribution is 7.92. The summed E-state index contributed by atoms with van der Waals surface area (Å²) in [4.78, 5) is 3.78. The van der Waals surface area contributed by atoms with E-state index >= 15 is 0 Å². The summed E-state index contributed by atoms with van der Waals surface area (Å²) in [6.07, 6.45) is 1.31. The molecule has 0 saturated carbocycles. The smallest absolute Gasteiger partial charge is 0.284 e. The maximum absolute atomic E-state index is 12.8. The van der Waals surface area contributed by atoms with E-state index in [9.17, 15) is 12.8 Å². The second-order valence-electron chi connectivity index (χ2n) is 3.90. The van der Waals surface area contributed by atoms with Crippen molar-refractivity contribution >= 4 is 27.3 Å². The van der Waals surface area contributed by atoms with Crippen molar-refractivity contribution in [3.8, 4) is 0 Å². The maximum atomic E-state index is 12.8. The Kier molecular flexibility index (Phi) is 3.51. The molecule has 0 aliphatic heterocycles. The molecule has 5 nitrogen and oxygen atoms in total. The first-order chi connectivity index (χ1) is 8.84. The minimum absolute atomic E-state index is 0.0222. The molecule has 0 N–H and O–H groups in total. The van der Waals surface area contributed by atoms with Gasteiger partial charge in [-0.1, -0.05) is 11.6 Å². The summed E-state index contributed by atoms with van der Waals surface area (Å²) in [5.41, 5.74) is 0.322. The minimum atomic E-state index is -3.87. The fraction of sp³-hybridized carbons (Fsp3) is 0.182.